The van der Waals surface area contributed by atoms with Crippen LogP contribution in [0.4, 0.5) is 0 Å². The molecule has 1 N–H and O–H groups in total. The van der Waals surface area contributed by atoms with Gasteiger partial charge in [-0.3, -0.25) is 0 Å². The highest BCUT2D eigenvalue weighted by molar-refractivity contribution is 4.56. The Morgan fingerprint density at radius 2 is 1.93 bits per heavy atom. The molecule has 0 bridgehead atoms. The molecule has 92 valence electrons. The summed E-state index contributed by atoms with van der Waals surface area (Å²) in [6.07, 6.45) is 3.75. The highest BCUT2D eigenvalue weighted by atomic mass is 16.5. The van der Waals surface area contributed by atoms with Crippen molar-refractivity contribution in [2.24, 2.45) is 11.8 Å². The van der Waals surface area contributed by atoms with E-state index in [0.29, 0.717) is 5.92 Å². The minimum atomic E-state index is 0.655. The molecule has 0 saturated carbocycles. The monoisotopic (exact) mass is 215 g/mol. The van der Waals surface area contributed by atoms with Gasteiger partial charge in [0, 0.05) is 13.2 Å². The minimum Gasteiger partial charge on any atom is -0.381 e. The van der Waals surface area contributed by atoms with E-state index in [-0.39, 0.29) is 0 Å². The van der Waals surface area contributed by atoms with Crippen LogP contribution in [0.15, 0.2) is 0 Å². The molecule has 0 aromatic heterocycles. The van der Waals surface area contributed by atoms with E-state index in [9.17, 15) is 0 Å². The molecule has 0 amide bonds. The molecule has 0 heterocycles. The molecular weight excluding hydrogens is 186 g/mol. The van der Waals surface area contributed by atoms with Crippen molar-refractivity contribution in [1.29, 1.82) is 0 Å². The molecule has 0 aromatic rings. The molecule has 2 heteroatoms. The Bertz CT molecular complexity index is 126. The van der Waals surface area contributed by atoms with Crippen LogP contribution in [0.3, 0.4) is 0 Å². The van der Waals surface area contributed by atoms with E-state index in [1.807, 2.05) is 0 Å². The van der Waals surface area contributed by atoms with Crippen LogP contribution in [0.2, 0.25) is 0 Å². The Morgan fingerprint density at radius 3 is 2.53 bits per heavy atom. The van der Waals surface area contributed by atoms with Gasteiger partial charge in [0.05, 0.1) is 0 Å². The number of rotatable bonds is 10. The molecule has 1 atom stereocenters. The zero-order chi connectivity index (χ0) is 11.5. The molecule has 0 fully saturated rings. The van der Waals surface area contributed by atoms with Gasteiger partial charge < -0.3 is 10.1 Å². The predicted molar refractivity (Wildman–Crippen MR) is 67.2 cm³/mol. The van der Waals surface area contributed by atoms with Crippen LogP contribution in [0.1, 0.15) is 47.0 Å². The second-order valence-corrected chi connectivity index (χ2v) is 4.92. The third-order valence-corrected chi connectivity index (χ3v) is 2.37. The number of nitrogens with one attached hydrogen (secondary N) is 1. The summed E-state index contributed by atoms with van der Waals surface area (Å²) in [4.78, 5) is 0. The van der Waals surface area contributed by atoms with E-state index < -0.39 is 0 Å². The lowest BCUT2D eigenvalue weighted by atomic mass is 10.1. The number of hydrogen-bond acceptors (Lipinski definition) is 2. The van der Waals surface area contributed by atoms with Crippen molar-refractivity contribution in [3.63, 3.8) is 0 Å². The Labute approximate surface area is 95.8 Å². The third-order valence-electron chi connectivity index (χ3n) is 2.37. The van der Waals surface area contributed by atoms with Gasteiger partial charge in [0.15, 0.2) is 0 Å². The van der Waals surface area contributed by atoms with Gasteiger partial charge in [-0.25, -0.2) is 0 Å². The molecule has 15 heavy (non-hydrogen) atoms. The molecule has 0 aliphatic heterocycles. The largest absolute Gasteiger partial charge is 0.381 e. The highest BCUT2D eigenvalue weighted by Crippen LogP contribution is 2.02. The first-order chi connectivity index (χ1) is 7.16. The van der Waals surface area contributed by atoms with Gasteiger partial charge in [-0.1, -0.05) is 34.1 Å². The average Bonchev–Trinajstić information content (AvgIpc) is 2.16. The Hall–Kier alpha value is -0.0800. The maximum atomic E-state index is 5.51. The summed E-state index contributed by atoms with van der Waals surface area (Å²) in [6, 6.07) is 0. The Balaban J connectivity index is 3.04. The quantitative estimate of drug-likeness (QED) is 0.565. The van der Waals surface area contributed by atoms with Gasteiger partial charge >= 0.3 is 0 Å². The van der Waals surface area contributed by atoms with E-state index in [1.54, 1.807) is 0 Å². The average molecular weight is 215 g/mol. The van der Waals surface area contributed by atoms with Crippen LogP contribution in [0, 0.1) is 11.8 Å². The van der Waals surface area contributed by atoms with E-state index in [4.69, 9.17) is 4.74 Å². The fraction of sp³-hybridized carbons (Fsp3) is 1.00. The van der Waals surface area contributed by atoms with Gasteiger partial charge in [-0.15, -0.1) is 0 Å². The van der Waals surface area contributed by atoms with E-state index in [0.717, 1.165) is 38.6 Å². The van der Waals surface area contributed by atoms with E-state index in [2.05, 4.69) is 33.0 Å². The second-order valence-electron chi connectivity index (χ2n) is 4.92. The number of hydrogen-bond donors (Lipinski definition) is 1. The van der Waals surface area contributed by atoms with Crippen LogP contribution in [-0.4, -0.2) is 26.3 Å². The number of ether oxygens (including phenoxy) is 1. The van der Waals surface area contributed by atoms with E-state index in [1.165, 1.54) is 12.8 Å². The summed E-state index contributed by atoms with van der Waals surface area (Å²) >= 11 is 0. The SMILES string of the molecule is CCCC(C)CNCCCOCC(C)C. The molecule has 0 aliphatic carbocycles. The third kappa shape index (κ3) is 11.8. The van der Waals surface area contributed by atoms with E-state index >= 15 is 0 Å². The van der Waals surface area contributed by atoms with Crippen molar-refractivity contribution in [3.8, 4) is 0 Å². The van der Waals surface area contributed by atoms with Crippen molar-refractivity contribution in [1.82, 2.24) is 5.32 Å². The summed E-state index contributed by atoms with van der Waals surface area (Å²) in [5.41, 5.74) is 0. The molecule has 0 rings (SSSR count). The van der Waals surface area contributed by atoms with Gasteiger partial charge in [0.1, 0.15) is 0 Å². The standard InChI is InChI=1S/C13H29NO/c1-5-7-13(4)10-14-8-6-9-15-11-12(2)3/h12-14H,5-11H2,1-4H3. The van der Waals surface area contributed by atoms with Crippen LogP contribution >= 0.6 is 0 Å². The minimum absolute atomic E-state index is 0.655. The summed E-state index contributed by atoms with van der Waals surface area (Å²) in [6.45, 7) is 13.0. The zero-order valence-corrected chi connectivity index (χ0v) is 11.0. The van der Waals surface area contributed by atoms with Crippen LogP contribution in [0.5, 0.6) is 0 Å². The van der Waals surface area contributed by atoms with Gasteiger partial charge in [-0.05, 0) is 37.8 Å². The van der Waals surface area contributed by atoms with Crippen molar-refractivity contribution in [2.75, 3.05) is 26.3 Å². The van der Waals surface area contributed by atoms with Gasteiger partial charge in [-0.2, -0.15) is 0 Å². The lowest BCUT2D eigenvalue weighted by Gasteiger charge is -2.11. The Kier molecular flexibility index (Phi) is 10.4. The van der Waals surface area contributed by atoms with Crippen molar-refractivity contribution in [2.45, 2.75) is 47.0 Å². The summed E-state index contributed by atoms with van der Waals surface area (Å²) in [7, 11) is 0. The topological polar surface area (TPSA) is 21.3 Å². The van der Waals surface area contributed by atoms with Gasteiger partial charge in [0.2, 0.25) is 0 Å². The van der Waals surface area contributed by atoms with Gasteiger partial charge in [0.25, 0.3) is 0 Å². The highest BCUT2D eigenvalue weighted by Gasteiger charge is 1.99. The van der Waals surface area contributed by atoms with Crippen molar-refractivity contribution >= 4 is 0 Å². The summed E-state index contributed by atoms with van der Waals surface area (Å²) in [5, 5.41) is 3.48. The van der Waals surface area contributed by atoms with Crippen LogP contribution in [-0.2, 0) is 4.74 Å². The lowest BCUT2D eigenvalue weighted by Crippen LogP contribution is -2.23. The zero-order valence-electron chi connectivity index (χ0n) is 11.0. The summed E-state index contributed by atoms with van der Waals surface area (Å²) in [5.74, 6) is 1.47. The molecule has 2 nitrogen and oxygen atoms in total. The molecule has 0 spiro atoms. The molecule has 0 saturated heterocycles. The lowest BCUT2D eigenvalue weighted by molar-refractivity contribution is 0.108. The molecule has 0 aromatic carbocycles. The first kappa shape index (κ1) is 14.9. The van der Waals surface area contributed by atoms with Crippen molar-refractivity contribution in [3.05, 3.63) is 0 Å². The van der Waals surface area contributed by atoms with Crippen LogP contribution in [0.25, 0.3) is 0 Å². The first-order valence-corrected chi connectivity index (χ1v) is 6.45. The first-order valence-electron chi connectivity index (χ1n) is 6.45. The predicted octanol–water partition coefficient (Wildman–Crippen LogP) is 3.07. The molecule has 1 unspecified atom stereocenters. The Morgan fingerprint density at radius 1 is 1.20 bits per heavy atom. The second kappa shape index (κ2) is 10.4. The molecule has 0 radical (unpaired) electrons. The van der Waals surface area contributed by atoms with Crippen molar-refractivity contribution < 1.29 is 4.74 Å². The maximum absolute atomic E-state index is 5.51. The molecular formula is C13H29NO. The fourth-order valence-corrected chi connectivity index (χ4v) is 1.56. The smallest absolute Gasteiger partial charge is 0.0489 e. The maximum Gasteiger partial charge on any atom is 0.0489 e. The van der Waals surface area contributed by atoms with Crippen LogP contribution < -0.4 is 5.32 Å². The normalized spacial score (nSPS) is 13.4. The molecule has 0 aliphatic rings. The fourth-order valence-electron chi connectivity index (χ4n) is 1.56. The summed E-state index contributed by atoms with van der Waals surface area (Å²) < 4.78 is 5.51.